The first-order valence-corrected chi connectivity index (χ1v) is 12.6. The molecule has 1 saturated heterocycles. The van der Waals surface area contributed by atoms with Crippen molar-refractivity contribution in [2.24, 2.45) is 0 Å². The van der Waals surface area contributed by atoms with Crippen LogP contribution in [-0.4, -0.2) is 52.3 Å². The van der Waals surface area contributed by atoms with Crippen molar-refractivity contribution in [3.8, 4) is 0 Å². The molecule has 0 spiro atoms. The first kappa shape index (κ1) is 23.3. The second-order valence-corrected chi connectivity index (χ2v) is 10.3. The van der Waals surface area contributed by atoms with Gasteiger partial charge in [-0.1, -0.05) is 56.3 Å². The highest BCUT2D eigenvalue weighted by Gasteiger charge is 2.41. The van der Waals surface area contributed by atoms with Crippen LogP contribution in [0, 0.1) is 0 Å². The molecule has 2 unspecified atom stereocenters. The summed E-state index contributed by atoms with van der Waals surface area (Å²) in [5, 5.41) is 9.88. The highest BCUT2D eigenvalue weighted by Crippen LogP contribution is 2.33. The second kappa shape index (κ2) is 10.9. The van der Waals surface area contributed by atoms with Crippen molar-refractivity contribution in [1.29, 1.82) is 0 Å². The number of hydrogen-bond donors (Lipinski definition) is 1. The summed E-state index contributed by atoms with van der Waals surface area (Å²) in [6, 6.07) is 17.7. The van der Waals surface area contributed by atoms with Gasteiger partial charge in [-0.25, -0.2) is 4.21 Å². The molecule has 1 fully saturated rings. The molecular weight excluding hydrogens is 422 g/mol. The van der Waals surface area contributed by atoms with E-state index >= 15 is 0 Å². The molecule has 0 aliphatic carbocycles. The molecule has 0 bridgehead atoms. The maximum atomic E-state index is 13.8. The van der Waals surface area contributed by atoms with Crippen molar-refractivity contribution >= 4 is 10.8 Å². The Morgan fingerprint density at radius 1 is 1.09 bits per heavy atom. The van der Waals surface area contributed by atoms with E-state index in [1.54, 1.807) is 0 Å². The van der Waals surface area contributed by atoms with Crippen molar-refractivity contribution in [3.63, 3.8) is 0 Å². The Balaban J connectivity index is 1.62. The maximum absolute atomic E-state index is 13.8. The number of aliphatic hydroxyl groups is 1. The minimum atomic E-state index is -1.36. The molecule has 4 rings (SSSR count). The molecular formula is C26H33NO4S. The highest BCUT2D eigenvalue weighted by molar-refractivity contribution is 7.89. The van der Waals surface area contributed by atoms with Crippen molar-refractivity contribution < 1.29 is 18.8 Å². The van der Waals surface area contributed by atoms with Gasteiger partial charge in [0.1, 0.15) is 6.10 Å². The first-order valence-electron chi connectivity index (χ1n) is 11.5. The van der Waals surface area contributed by atoms with E-state index in [2.05, 4.69) is 30.9 Å². The minimum absolute atomic E-state index is 0.176. The number of aliphatic hydroxyl groups excluding tert-OH is 1. The SMILES string of the molecule is CC(C)c1ccc(S(=O)C2=C[C@@H](CO)O[C@H](OCc3ccccc3)C2N2CCCC2)cc1. The molecule has 0 amide bonds. The lowest BCUT2D eigenvalue weighted by Gasteiger charge is -2.40. The number of ether oxygens (including phenoxy) is 2. The molecule has 4 atom stereocenters. The molecule has 2 aliphatic rings. The van der Waals surface area contributed by atoms with E-state index in [0.29, 0.717) is 12.5 Å². The average molecular weight is 456 g/mol. The van der Waals surface area contributed by atoms with Gasteiger partial charge in [0.05, 0.1) is 30.1 Å². The lowest BCUT2D eigenvalue weighted by Crippen LogP contribution is -2.51. The molecule has 2 heterocycles. The summed E-state index contributed by atoms with van der Waals surface area (Å²) in [5.41, 5.74) is 2.28. The normalized spacial score (nSPS) is 25.1. The van der Waals surface area contributed by atoms with Crippen LogP contribution in [0.15, 0.2) is 70.5 Å². The van der Waals surface area contributed by atoms with Gasteiger partial charge in [0.15, 0.2) is 6.29 Å². The molecule has 0 aromatic heterocycles. The molecule has 32 heavy (non-hydrogen) atoms. The van der Waals surface area contributed by atoms with Crippen LogP contribution < -0.4 is 0 Å². The third-order valence-electron chi connectivity index (χ3n) is 6.15. The monoisotopic (exact) mass is 455 g/mol. The number of benzene rings is 2. The number of hydrogen-bond acceptors (Lipinski definition) is 5. The van der Waals surface area contributed by atoms with Crippen molar-refractivity contribution in [2.75, 3.05) is 19.7 Å². The zero-order valence-electron chi connectivity index (χ0n) is 18.9. The number of nitrogens with zero attached hydrogens (tertiary/aromatic N) is 1. The largest absolute Gasteiger partial charge is 0.393 e. The Bertz CT molecular complexity index is 923. The molecule has 2 aromatic rings. The molecule has 0 radical (unpaired) electrons. The summed E-state index contributed by atoms with van der Waals surface area (Å²) in [4.78, 5) is 3.85. The fourth-order valence-electron chi connectivity index (χ4n) is 4.34. The van der Waals surface area contributed by atoms with E-state index in [1.807, 2.05) is 48.5 Å². The van der Waals surface area contributed by atoms with Gasteiger partial charge in [-0.3, -0.25) is 4.90 Å². The van der Waals surface area contributed by atoms with E-state index in [-0.39, 0.29) is 12.6 Å². The molecule has 172 valence electrons. The number of rotatable bonds is 8. The summed E-state index contributed by atoms with van der Waals surface area (Å²) in [6.07, 6.45) is 2.92. The van der Waals surface area contributed by atoms with Gasteiger partial charge in [-0.15, -0.1) is 0 Å². The van der Waals surface area contributed by atoms with E-state index in [0.717, 1.165) is 41.3 Å². The fraction of sp³-hybridized carbons (Fsp3) is 0.462. The zero-order chi connectivity index (χ0) is 22.5. The quantitative estimate of drug-likeness (QED) is 0.647. The molecule has 0 saturated carbocycles. The predicted molar refractivity (Wildman–Crippen MR) is 127 cm³/mol. The molecule has 6 heteroatoms. The van der Waals surface area contributed by atoms with E-state index in [4.69, 9.17) is 9.47 Å². The van der Waals surface area contributed by atoms with Crippen LogP contribution >= 0.6 is 0 Å². The topological polar surface area (TPSA) is 59.0 Å². The number of likely N-dealkylation sites (tertiary alicyclic amines) is 1. The van der Waals surface area contributed by atoms with Gasteiger partial charge in [-0.2, -0.15) is 0 Å². The van der Waals surface area contributed by atoms with Gasteiger partial charge >= 0.3 is 0 Å². The zero-order valence-corrected chi connectivity index (χ0v) is 19.7. The van der Waals surface area contributed by atoms with Gasteiger partial charge in [-0.05, 0) is 61.2 Å². The summed E-state index contributed by atoms with van der Waals surface area (Å²) in [6.45, 7) is 6.36. The Labute approximate surface area is 193 Å². The Hall–Kier alpha value is -1.83. The standard InChI is InChI=1S/C26H33NO4S/c1-19(2)21-10-12-23(13-11-21)32(29)24-16-22(17-28)31-26(25(24)27-14-6-7-15-27)30-18-20-8-4-3-5-9-20/h3-5,8-13,16,19,22,25-26,28H,6-7,14-15,17-18H2,1-2H3/t22-,25?,26-,32?/m0/s1. The van der Waals surface area contributed by atoms with E-state index in [1.165, 1.54) is 5.56 Å². The molecule has 5 nitrogen and oxygen atoms in total. The first-order chi connectivity index (χ1) is 15.6. The van der Waals surface area contributed by atoms with Crippen LogP contribution in [0.1, 0.15) is 43.7 Å². The molecule has 1 N–H and O–H groups in total. The molecule has 2 aliphatic heterocycles. The lowest BCUT2D eigenvalue weighted by molar-refractivity contribution is -0.202. The van der Waals surface area contributed by atoms with Gasteiger partial charge in [0, 0.05) is 9.80 Å². The Kier molecular flexibility index (Phi) is 7.92. The summed E-state index contributed by atoms with van der Waals surface area (Å²) in [7, 11) is -1.36. The Morgan fingerprint density at radius 2 is 1.78 bits per heavy atom. The third kappa shape index (κ3) is 5.38. The van der Waals surface area contributed by atoms with Crippen LogP contribution in [0.25, 0.3) is 0 Å². The van der Waals surface area contributed by atoms with Crippen LogP contribution in [0.4, 0.5) is 0 Å². The van der Waals surface area contributed by atoms with Crippen molar-refractivity contribution in [3.05, 3.63) is 76.7 Å². The summed E-state index contributed by atoms with van der Waals surface area (Å²) in [5.74, 6) is 0.423. The Morgan fingerprint density at radius 3 is 2.41 bits per heavy atom. The summed E-state index contributed by atoms with van der Waals surface area (Å²) < 4.78 is 26.1. The van der Waals surface area contributed by atoms with Crippen LogP contribution in [0.5, 0.6) is 0 Å². The maximum Gasteiger partial charge on any atom is 0.179 e. The third-order valence-corrected chi connectivity index (χ3v) is 7.66. The van der Waals surface area contributed by atoms with Gasteiger partial charge in [0.25, 0.3) is 0 Å². The second-order valence-electron chi connectivity index (χ2n) is 8.77. The van der Waals surface area contributed by atoms with E-state index in [9.17, 15) is 9.32 Å². The summed E-state index contributed by atoms with van der Waals surface area (Å²) >= 11 is 0. The van der Waals surface area contributed by atoms with Crippen molar-refractivity contribution in [1.82, 2.24) is 4.90 Å². The molecule has 2 aromatic carbocycles. The van der Waals surface area contributed by atoms with E-state index < -0.39 is 23.2 Å². The fourth-order valence-corrected chi connectivity index (χ4v) is 5.75. The highest BCUT2D eigenvalue weighted by atomic mass is 32.2. The minimum Gasteiger partial charge on any atom is -0.393 e. The van der Waals surface area contributed by atoms with Crippen LogP contribution in [0.2, 0.25) is 0 Å². The van der Waals surface area contributed by atoms with Crippen LogP contribution in [0.3, 0.4) is 0 Å². The smallest absolute Gasteiger partial charge is 0.179 e. The van der Waals surface area contributed by atoms with Crippen molar-refractivity contribution in [2.45, 2.75) is 62.5 Å². The average Bonchev–Trinajstić information content (AvgIpc) is 3.37. The van der Waals surface area contributed by atoms with Crippen LogP contribution in [-0.2, 0) is 26.9 Å². The predicted octanol–water partition coefficient (Wildman–Crippen LogP) is 4.20. The lowest BCUT2D eigenvalue weighted by atomic mass is 10.0. The van der Waals surface area contributed by atoms with Gasteiger partial charge in [0.2, 0.25) is 0 Å². The van der Waals surface area contributed by atoms with Gasteiger partial charge < -0.3 is 14.6 Å².